The Bertz CT molecular complexity index is 920. The molecule has 2 aromatic rings. The summed E-state index contributed by atoms with van der Waals surface area (Å²) >= 11 is 0. The summed E-state index contributed by atoms with van der Waals surface area (Å²) in [4.78, 5) is 22.2. The molecule has 24 heavy (non-hydrogen) atoms. The van der Waals surface area contributed by atoms with Crippen molar-refractivity contribution < 1.29 is 23.1 Å². The number of aryl methyl sites for hydroxylation is 1. The Morgan fingerprint density at radius 3 is 2.46 bits per heavy atom. The molecule has 1 heterocycles. The summed E-state index contributed by atoms with van der Waals surface area (Å²) in [7, 11) is -3.80. The molecule has 0 saturated carbocycles. The van der Waals surface area contributed by atoms with Gasteiger partial charge < -0.3 is 10.4 Å². The molecule has 0 unspecified atom stereocenters. The number of carbonyl (C=O) groups excluding carboxylic acids is 1. The van der Waals surface area contributed by atoms with Crippen molar-refractivity contribution in [2.24, 2.45) is 0 Å². The number of rotatable bonds is 4. The first-order chi connectivity index (χ1) is 11.3. The first kappa shape index (κ1) is 16.0. The standard InChI is InChI=1S/C16H14N2O5S/c19-15-8-3-11-9-13(6-7-14(11)17-15)24(22,23)18-12-4-1-10(2-5-12)16(20)21/h1-2,4-7,9,18H,3,8H2,(H,17,19)(H,20,21). The number of nitrogens with one attached hydrogen (secondary N) is 2. The van der Waals surface area contributed by atoms with Gasteiger partial charge in [-0.25, -0.2) is 13.2 Å². The van der Waals surface area contributed by atoms with Crippen molar-refractivity contribution in [2.75, 3.05) is 10.0 Å². The van der Waals surface area contributed by atoms with Crippen molar-refractivity contribution in [1.82, 2.24) is 0 Å². The summed E-state index contributed by atoms with van der Waals surface area (Å²) in [6, 6.07) is 9.93. The number of hydrogen-bond donors (Lipinski definition) is 3. The van der Waals surface area contributed by atoms with Gasteiger partial charge in [-0.15, -0.1) is 0 Å². The van der Waals surface area contributed by atoms with Crippen LogP contribution in [0.25, 0.3) is 0 Å². The summed E-state index contributed by atoms with van der Waals surface area (Å²) < 4.78 is 27.3. The van der Waals surface area contributed by atoms with E-state index < -0.39 is 16.0 Å². The smallest absolute Gasteiger partial charge is 0.335 e. The lowest BCUT2D eigenvalue weighted by Gasteiger charge is -2.17. The first-order valence-corrected chi connectivity index (χ1v) is 8.62. The lowest BCUT2D eigenvalue weighted by atomic mass is 10.0. The van der Waals surface area contributed by atoms with E-state index in [9.17, 15) is 18.0 Å². The second kappa shape index (κ2) is 5.97. The highest BCUT2D eigenvalue weighted by atomic mass is 32.2. The van der Waals surface area contributed by atoms with Gasteiger partial charge >= 0.3 is 5.97 Å². The van der Waals surface area contributed by atoms with Crippen LogP contribution >= 0.6 is 0 Å². The molecular weight excluding hydrogens is 332 g/mol. The number of carbonyl (C=O) groups is 2. The van der Waals surface area contributed by atoms with Crippen LogP contribution in [0.4, 0.5) is 11.4 Å². The molecule has 0 saturated heterocycles. The van der Waals surface area contributed by atoms with Gasteiger partial charge in [0.25, 0.3) is 10.0 Å². The monoisotopic (exact) mass is 346 g/mol. The maximum absolute atomic E-state index is 12.5. The number of benzene rings is 2. The number of carboxylic acids is 1. The number of sulfonamides is 1. The van der Waals surface area contributed by atoms with E-state index in [1.807, 2.05) is 0 Å². The average Bonchev–Trinajstić information content (AvgIpc) is 2.54. The Hall–Kier alpha value is -2.87. The quantitative estimate of drug-likeness (QED) is 0.784. The second-order valence-corrected chi connectivity index (χ2v) is 7.04. The Labute approximate surface area is 138 Å². The fourth-order valence-corrected chi connectivity index (χ4v) is 3.53. The maximum atomic E-state index is 12.5. The van der Waals surface area contributed by atoms with Gasteiger partial charge in [-0.3, -0.25) is 9.52 Å². The predicted molar refractivity (Wildman–Crippen MR) is 87.6 cm³/mol. The van der Waals surface area contributed by atoms with Crippen molar-refractivity contribution >= 4 is 33.3 Å². The van der Waals surface area contributed by atoms with E-state index in [0.29, 0.717) is 18.5 Å². The van der Waals surface area contributed by atoms with Gasteiger partial charge in [0.2, 0.25) is 5.91 Å². The van der Waals surface area contributed by atoms with Crippen molar-refractivity contribution in [3.05, 3.63) is 53.6 Å². The molecule has 3 N–H and O–H groups in total. The number of anilines is 2. The molecule has 0 atom stereocenters. The van der Waals surface area contributed by atoms with Gasteiger partial charge in [0.1, 0.15) is 0 Å². The molecule has 0 radical (unpaired) electrons. The second-order valence-electron chi connectivity index (χ2n) is 5.36. The highest BCUT2D eigenvalue weighted by molar-refractivity contribution is 7.92. The summed E-state index contributed by atoms with van der Waals surface area (Å²) in [5.41, 5.74) is 1.73. The largest absolute Gasteiger partial charge is 0.478 e. The molecule has 0 fully saturated rings. The third kappa shape index (κ3) is 3.23. The van der Waals surface area contributed by atoms with E-state index >= 15 is 0 Å². The summed E-state index contributed by atoms with van der Waals surface area (Å²) in [5.74, 6) is -1.17. The SMILES string of the molecule is O=C1CCc2cc(S(=O)(=O)Nc3ccc(C(=O)O)cc3)ccc2N1. The van der Waals surface area contributed by atoms with E-state index in [-0.39, 0.29) is 22.1 Å². The van der Waals surface area contributed by atoms with E-state index in [1.165, 1.54) is 36.4 Å². The molecule has 7 nitrogen and oxygen atoms in total. The van der Waals surface area contributed by atoms with Crippen molar-refractivity contribution in [3.63, 3.8) is 0 Å². The Kier molecular flexibility index (Phi) is 3.98. The molecule has 3 rings (SSSR count). The lowest BCUT2D eigenvalue weighted by Crippen LogP contribution is -2.20. The predicted octanol–water partition coefficient (Wildman–Crippen LogP) is 2.07. The van der Waals surface area contributed by atoms with E-state index in [4.69, 9.17) is 5.11 Å². The molecule has 0 spiro atoms. The zero-order chi connectivity index (χ0) is 17.3. The van der Waals surface area contributed by atoms with Gasteiger partial charge in [0.15, 0.2) is 0 Å². The molecule has 2 aromatic carbocycles. The zero-order valence-electron chi connectivity index (χ0n) is 12.4. The third-order valence-corrected chi connectivity index (χ3v) is 5.05. The van der Waals surface area contributed by atoms with Gasteiger partial charge in [0.05, 0.1) is 10.5 Å². The minimum Gasteiger partial charge on any atom is -0.478 e. The molecule has 0 aromatic heterocycles. The summed E-state index contributed by atoms with van der Waals surface area (Å²) in [6.45, 7) is 0. The van der Waals surface area contributed by atoms with Crippen LogP contribution in [0.3, 0.4) is 0 Å². The third-order valence-electron chi connectivity index (χ3n) is 3.67. The molecule has 1 amide bonds. The highest BCUT2D eigenvalue weighted by Crippen LogP contribution is 2.26. The van der Waals surface area contributed by atoms with Crippen LogP contribution in [-0.4, -0.2) is 25.4 Å². The van der Waals surface area contributed by atoms with Gasteiger partial charge in [0, 0.05) is 17.8 Å². The molecule has 124 valence electrons. The van der Waals surface area contributed by atoms with Crippen LogP contribution in [0.1, 0.15) is 22.3 Å². The molecular formula is C16H14N2O5S. The topological polar surface area (TPSA) is 113 Å². The van der Waals surface area contributed by atoms with Gasteiger partial charge in [-0.2, -0.15) is 0 Å². The molecule has 1 aliphatic rings. The Morgan fingerprint density at radius 2 is 1.79 bits per heavy atom. The van der Waals surface area contributed by atoms with Crippen LogP contribution in [0, 0.1) is 0 Å². The molecule has 1 aliphatic heterocycles. The lowest BCUT2D eigenvalue weighted by molar-refractivity contribution is -0.116. The fraction of sp³-hybridized carbons (Fsp3) is 0.125. The fourth-order valence-electron chi connectivity index (χ4n) is 2.42. The Balaban J connectivity index is 1.85. The average molecular weight is 346 g/mol. The summed E-state index contributed by atoms with van der Waals surface area (Å²) in [6.07, 6.45) is 0.804. The number of carboxylic acid groups (broad SMARTS) is 1. The summed E-state index contributed by atoms with van der Waals surface area (Å²) in [5, 5.41) is 11.5. The Morgan fingerprint density at radius 1 is 1.08 bits per heavy atom. The van der Waals surface area contributed by atoms with Gasteiger partial charge in [-0.1, -0.05) is 0 Å². The van der Waals surface area contributed by atoms with Crippen molar-refractivity contribution in [1.29, 1.82) is 0 Å². The van der Waals surface area contributed by atoms with Crippen LogP contribution < -0.4 is 10.0 Å². The van der Waals surface area contributed by atoms with Crippen molar-refractivity contribution in [3.8, 4) is 0 Å². The minimum atomic E-state index is -3.80. The van der Waals surface area contributed by atoms with E-state index in [0.717, 1.165) is 5.56 Å². The zero-order valence-corrected chi connectivity index (χ0v) is 13.3. The number of fused-ring (bicyclic) bond motifs is 1. The van der Waals surface area contributed by atoms with Crippen LogP contribution in [0.15, 0.2) is 47.4 Å². The molecule has 0 aliphatic carbocycles. The van der Waals surface area contributed by atoms with Gasteiger partial charge in [-0.05, 0) is 54.4 Å². The minimum absolute atomic E-state index is 0.0717. The van der Waals surface area contributed by atoms with Crippen molar-refractivity contribution in [2.45, 2.75) is 17.7 Å². The number of aromatic carboxylic acids is 1. The first-order valence-electron chi connectivity index (χ1n) is 7.14. The van der Waals surface area contributed by atoms with E-state index in [2.05, 4.69) is 10.0 Å². The number of hydrogen-bond acceptors (Lipinski definition) is 4. The van der Waals surface area contributed by atoms with Crippen LogP contribution in [0.2, 0.25) is 0 Å². The molecule has 8 heteroatoms. The normalized spacial score (nSPS) is 13.8. The highest BCUT2D eigenvalue weighted by Gasteiger charge is 2.20. The number of amides is 1. The maximum Gasteiger partial charge on any atom is 0.335 e. The van der Waals surface area contributed by atoms with E-state index in [1.54, 1.807) is 6.07 Å². The molecule has 0 bridgehead atoms. The van der Waals surface area contributed by atoms with Crippen LogP contribution in [0.5, 0.6) is 0 Å². The van der Waals surface area contributed by atoms with Crippen LogP contribution in [-0.2, 0) is 21.2 Å².